The monoisotopic (exact) mass is 178 g/mol. The summed E-state index contributed by atoms with van der Waals surface area (Å²) in [6.07, 6.45) is 0. The lowest BCUT2D eigenvalue weighted by Gasteiger charge is -2.02. The number of benzene rings is 1. The fourth-order valence-corrected chi connectivity index (χ4v) is 1.03. The number of rotatable bonds is 1. The van der Waals surface area contributed by atoms with Crippen molar-refractivity contribution in [2.24, 2.45) is 0 Å². The second kappa shape index (κ2) is 3.23. The van der Waals surface area contributed by atoms with E-state index in [4.69, 9.17) is 11.0 Å². The van der Waals surface area contributed by atoms with Crippen molar-refractivity contribution in [1.82, 2.24) is 0 Å². The average molecular weight is 178 g/mol. The van der Waals surface area contributed by atoms with Gasteiger partial charge in [-0.25, -0.2) is 4.39 Å². The second-order valence-electron chi connectivity index (χ2n) is 2.59. The first-order valence-electron chi connectivity index (χ1n) is 3.56. The Kier molecular flexibility index (Phi) is 2.29. The van der Waals surface area contributed by atoms with Crippen LogP contribution in [0.5, 0.6) is 0 Å². The number of nitrogens with zero attached hydrogens (tertiary/aromatic N) is 1. The zero-order valence-electron chi connectivity index (χ0n) is 6.97. The van der Waals surface area contributed by atoms with E-state index in [2.05, 4.69) is 0 Å². The molecule has 66 valence electrons. The zero-order chi connectivity index (χ0) is 10.0. The van der Waals surface area contributed by atoms with E-state index in [1.165, 1.54) is 6.92 Å². The van der Waals surface area contributed by atoms with Gasteiger partial charge in [0.05, 0.1) is 11.3 Å². The third kappa shape index (κ3) is 1.64. The Hall–Kier alpha value is -1.89. The van der Waals surface area contributed by atoms with Crippen molar-refractivity contribution in [3.63, 3.8) is 0 Å². The Morgan fingerprint density at radius 2 is 2.23 bits per heavy atom. The van der Waals surface area contributed by atoms with Crippen LogP contribution in [0, 0.1) is 17.1 Å². The standard InChI is InChI=1S/C9H7FN2O/c1-5(13)7-2-6(10)3-9(12)8(7)4-11/h2-3H,12H2,1H3. The van der Waals surface area contributed by atoms with Crippen LogP contribution in [-0.2, 0) is 0 Å². The molecule has 2 N–H and O–H groups in total. The van der Waals surface area contributed by atoms with Gasteiger partial charge in [0.2, 0.25) is 0 Å². The quantitative estimate of drug-likeness (QED) is 0.523. The molecule has 0 atom stereocenters. The minimum atomic E-state index is -0.610. The summed E-state index contributed by atoms with van der Waals surface area (Å²) in [5.41, 5.74) is 5.41. The summed E-state index contributed by atoms with van der Waals surface area (Å²) in [4.78, 5) is 11.0. The van der Waals surface area contributed by atoms with E-state index in [0.29, 0.717) is 0 Å². The van der Waals surface area contributed by atoms with E-state index in [9.17, 15) is 9.18 Å². The first kappa shape index (κ1) is 9.20. The van der Waals surface area contributed by atoms with Gasteiger partial charge in [0, 0.05) is 5.56 Å². The summed E-state index contributed by atoms with van der Waals surface area (Å²) in [6, 6.07) is 3.79. The normalized spacial score (nSPS) is 9.31. The summed E-state index contributed by atoms with van der Waals surface area (Å²) in [5, 5.41) is 8.63. The van der Waals surface area contributed by atoms with Crippen molar-refractivity contribution in [2.45, 2.75) is 6.92 Å². The van der Waals surface area contributed by atoms with Crippen molar-refractivity contribution in [1.29, 1.82) is 5.26 Å². The highest BCUT2D eigenvalue weighted by Crippen LogP contribution is 2.18. The van der Waals surface area contributed by atoms with E-state index in [1.807, 2.05) is 0 Å². The van der Waals surface area contributed by atoms with Crippen LogP contribution in [-0.4, -0.2) is 5.78 Å². The molecule has 0 aliphatic rings. The average Bonchev–Trinajstić information content (AvgIpc) is 2.02. The van der Waals surface area contributed by atoms with Crippen LogP contribution in [0.3, 0.4) is 0 Å². The van der Waals surface area contributed by atoms with Gasteiger partial charge in [0.1, 0.15) is 11.9 Å². The van der Waals surface area contributed by atoms with Crippen molar-refractivity contribution in [3.8, 4) is 6.07 Å². The lowest BCUT2D eigenvalue weighted by molar-refractivity contribution is 0.101. The predicted octanol–water partition coefficient (Wildman–Crippen LogP) is 1.48. The maximum atomic E-state index is 12.8. The number of nitriles is 1. The van der Waals surface area contributed by atoms with Gasteiger partial charge in [0.15, 0.2) is 5.78 Å². The van der Waals surface area contributed by atoms with Gasteiger partial charge in [-0.15, -0.1) is 0 Å². The molecule has 0 fully saturated rings. The molecule has 1 aromatic rings. The molecule has 0 spiro atoms. The number of Topliss-reactive ketones (excluding diaryl/α,β-unsaturated/α-hetero) is 1. The highest BCUT2D eigenvalue weighted by Gasteiger charge is 2.11. The SMILES string of the molecule is CC(=O)c1cc(F)cc(N)c1C#N. The molecule has 0 radical (unpaired) electrons. The van der Waals surface area contributed by atoms with E-state index in [-0.39, 0.29) is 22.6 Å². The maximum absolute atomic E-state index is 12.8. The van der Waals surface area contributed by atoms with Crippen LogP contribution in [0.1, 0.15) is 22.8 Å². The number of nitrogens with two attached hydrogens (primary N) is 1. The zero-order valence-corrected chi connectivity index (χ0v) is 6.97. The van der Waals surface area contributed by atoms with Crippen LogP contribution < -0.4 is 5.73 Å². The molecule has 0 bridgehead atoms. The van der Waals surface area contributed by atoms with Gasteiger partial charge in [-0.3, -0.25) is 4.79 Å². The third-order valence-corrected chi connectivity index (χ3v) is 1.62. The molecule has 1 aromatic carbocycles. The molecule has 0 aliphatic carbocycles. The Bertz CT molecular complexity index is 407. The van der Waals surface area contributed by atoms with Crippen molar-refractivity contribution < 1.29 is 9.18 Å². The highest BCUT2D eigenvalue weighted by molar-refractivity contribution is 5.98. The number of carbonyl (C=O) groups is 1. The van der Waals surface area contributed by atoms with Gasteiger partial charge >= 0.3 is 0 Å². The topological polar surface area (TPSA) is 66.9 Å². The molecule has 0 aliphatic heterocycles. The van der Waals surface area contributed by atoms with Gasteiger partial charge in [-0.2, -0.15) is 5.26 Å². The van der Waals surface area contributed by atoms with E-state index >= 15 is 0 Å². The molecule has 0 aromatic heterocycles. The van der Waals surface area contributed by atoms with Crippen LogP contribution in [0.2, 0.25) is 0 Å². The van der Waals surface area contributed by atoms with Gasteiger partial charge in [0.25, 0.3) is 0 Å². The molecule has 0 saturated heterocycles. The summed E-state index contributed by atoms with van der Waals surface area (Å²) in [5.74, 6) is -0.982. The van der Waals surface area contributed by atoms with Crippen LogP contribution in [0.15, 0.2) is 12.1 Å². The number of anilines is 1. The fourth-order valence-electron chi connectivity index (χ4n) is 1.03. The van der Waals surface area contributed by atoms with Crippen molar-refractivity contribution in [3.05, 3.63) is 29.1 Å². The largest absolute Gasteiger partial charge is 0.398 e. The summed E-state index contributed by atoms with van der Waals surface area (Å²) in [6.45, 7) is 1.26. The molecular weight excluding hydrogens is 171 g/mol. The molecule has 1 rings (SSSR count). The van der Waals surface area contributed by atoms with Gasteiger partial charge in [-0.1, -0.05) is 0 Å². The van der Waals surface area contributed by atoms with Crippen LogP contribution >= 0.6 is 0 Å². The summed E-state index contributed by atoms with van der Waals surface area (Å²) >= 11 is 0. The fraction of sp³-hybridized carbons (Fsp3) is 0.111. The minimum absolute atomic E-state index is 0.00676. The number of ketones is 1. The maximum Gasteiger partial charge on any atom is 0.161 e. The second-order valence-corrected chi connectivity index (χ2v) is 2.59. The van der Waals surface area contributed by atoms with Crippen molar-refractivity contribution >= 4 is 11.5 Å². The molecular formula is C9H7FN2O. The number of carbonyl (C=O) groups excluding carboxylic acids is 1. The Morgan fingerprint density at radius 3 is 2.69 bits per heavy atom. The predicted molar refractivity (Wildman–Crippen MR) is 45.5 cm³/mol. The number of hydrogen-bond acceptors (Lipinski definition) is 3. The molecule has 0 saturated carbocycles. The molecule has 0 unspecified atom stereocenters. The summed E-state index contributed by atoms with van der Waals surface area (Å²) in [7, 11) is 0. The Labute approximate surface area is 74.6 Å². The van der Waals surface area contributed by atoms with E-state index < -0.39 is 5.82 Å². The lowest BCUT2D eigenvalue weighted by atomic mass is 10.0. The van der Waals surface area contributed by atoms with Gasteiger partial charge in [-0.05, 0) is 19.1 Å². The number of nitrogen functional groups attached to an aromatic ring is 1. The first-order chi connectivity index (χ1) is 6.06. The molecule has 3 nitrogen and oxygen atoms in total. The Balaban J connectivity index is 3.50. The molecule has 0 heterocycles. The van der Waals surface area contributed by atoms with Crippen LogP contribution in [0.4, 0.5) is 10.1 Å². The van der Waals surface area contributed by atoms with Gasteiger partial charge < -0.3 is 5.73 Å². The molecule has 4 heteroatoms. The molecule has 0 amide bonds. The number of hydrogen-bond donors (Lipinski definition) is 1. The van der Waals surface area contributed by atoms with E-state index in [1.54, 1.807) is 6.07 Å². The molecule has 13 heavy (non-hydrogen) atoms. The van der Waals surface area contributed by atoms with Crippen LogP contribution in [0.25, 0.3) is 0 Å². The van der Waals surface area contributed by atoms with E-state index in [0.717, 1.165) is 12.1 Å². The Morgan fingerprint density at radius 1 is 1.62 bits per heavy atom. The number of halogens is 1. The minimum Gasteiger partial charge on any atom is -0.398 e. The first-order valence-corrected chi connectivity index (χ1v) is 3.56. The summed E-state index contributed by atoms with van der Waals surface area (Å²) < 4.78 is 12.8. The highest BCUT2D eigenvalue weighted by atomic mass is 19.1. The third-order valence-electron chi connectivity index (χ3n) is 1.62. The lowest BCUT2D eigenvalue weighted by Crippen LogP contribution is -2.02. The van der Waals surface area contributed by atoms with Crippen molar-refractivity contribution in [2.75, 3.05) is 5.73 Å². The smallest absolute Gasteiger partial charge is 0.161 e.